The number of amides is 2. The Morgan fingerprint density at radius 1 is 1.05 bits per heavy atom. The SMILES string of the molecule is CC1C(C(=O)O)CCN1C(=O)N1C(C)CCCC1C. The quantitative estimate of drug-likeness (QED) is 0.792. The second kappa shape index (κ2) is 5.39. The monoisotopic (exact) mass is 268 g/mol. The number of urea groups is 1. The molecule has 0 spiro atoms. The molecule has 5 nitrogen and oxygen atoms in total. The predicted octanol–water partition coefficient (Wildman–Crippen LogP) is 2.16. The number of carbonyl (C=O) groups excluding carboxylic acids is 1. The van der Waals surface area contributed by atoms with Crippen LogP contribution in [-0.4, -0.2) is 51.6 Å². The van der Waals surface area contributed by atoms with E-state index in [1.54, 1.807) is 4.90 Å². The van der Waals surface area contributed by atoms with Crippen LogP contribution in [0.15, 0.2) is 0 Å². The van der Waals surface area contributed by atoms with Crippen molar-refractivity contribution in [3.63, 3.8) is 0 Å². The van der Waals surface area contributed by atoms with Crippen molar-refractivity contribution in [1.29, 1.82) is 0 Å². The summed E-state index contributed by atoms with van der Waals surface area (Å²) in [5.74, 6) is -1.21. The highest BCUT2D eigenvalue weighted by molar-refractivity contribution is 5.78. The van der Waals surface area contributed by atoms with E-state index in [1.807, 2.05) is 11.8 Å². The molecule has 108 valence electrons. The predicted molar refractivity (Wildman–Crippen MR) is 71.9 cm³/mol. The minimum absolute atomic E-state index is 0.0240. The molecule has 0 aromatic carbocycles. The van der Waals surface area contributed by atoms with Gasteiger partial charge in [0.25, 0.3) is 0 Å². The van der Waals surface area contributed by atoms with Crippen molar-refractivity contribution in [1.82, 2.24) is 9.80 Å². The number of aliphatic carboxylic acids is 1. The van der Waals surface area contributed by atoms with Crippen molar-refractivity contribution < 1.29 is 14.7 Å². The van der Waals surface area contributed by atoms with Gasteiger partial charge in [-0.2, -0.15) is 0 Å². The van der Waals surface area contributed by atoms with E-state index in [4.69, 9.17) is 5.11 Å². The first-order valence-electron chi connectivity index (χ1n) is 7.25. The average Bonchev–Trinajstić information content (AvgIpc) is 2.70. The van der Waals surface area contributed by atoms with Crippen molar-refractivity contribution >= 4 is 12.0 Å². The van der Waals surface area contributed by atoms with E-state index >= 15 is 0 Å². The minimum atomic E-state index is -0.789. The lowest BCUT2D eigenvalue weighted by atomic mass is 9.98. The first-order valence-corrected chi connectivity index (χ1v) is 7.25. The van der Waals surface area contributed by atoms with Crippen LogP contribution in [-0.2, 0) is 4.79 Å². The maximum Gasteiger partial charge on any atom is 0.320 e. The summed E-state index contributed by atoms with van der Waals surface area (Å²) in [6.45, 7) is 6.59. The normalized spacial score (nSPS) is 35.5. The van der Waals surface area contributed by atoms with Crippen LogP contribution >= 0.6 is 0 Å². The summed E-state index contributed by atoms with van der Waals surface area (Å²) in [7, 11) is 0. The Bertz CT molecular complexity index is 362. The standard InChI is InChI=1S/C14H24N2O3/c1-9-5-4-6-10(2)16(9)14(19)15-8-7-12(11(15)3)13(17)18/h9-12H,4-8H2,1-3H3,(H,17,18). The molecule has 2 amide bonds. The molecule has 19 heavy (non-hydrogen) atoms. The number of carboxylic acids is 1. The van der Waals surface area contributed by atoms with Gasteiger partial charge in [-0.15, -0.1) is 0 Å². The van der Waals surface area contributed by atoms with Gasteiger partial charge < -0.3 is 14.9 Å². The van der Waals surface area contributed by atoms with E-state index in [1.165, 1.54) is 6.42 Å². The minimum Gasteiger partial charge on any atom is -0.481 e. The molecule has 2 saturated heterocycles. The highest BCUT2D eigenvalue weighted by Gasteiger charge is 2.41. The Morgan fingerprint density at radius 3 is 2.11 bits per heavy atom. The summed E-state index contributed by atoms with van der Waals surface area (Å²) in [6, 6.07) is 0.335. The third-order valence-electron chi connectivity index (χ3n) is 4.73. The lowest BCUT2D eigenvalue weighted by molar-refractivity contribution is -0.142. The Balaban J connectivity index is 2.09. The molecule has 4 unspecified atom stereocenters. The lowest BCUT2D eigenvalue weighted by Crippen LogP contribution is -2.54. The molecule has 0 radical (unpaired) electrons. The second-order valence-corrected chi connectivity index (χ2v) is 5.99. The zero-order valence-corrected chi connectivity index (χ0v) is 12.0. The molecule has 5 heteroatoms. The van der Waals surface area contributed by atoms with Gasteiger partial charge in [0.1, 0.15) is 0 Å². The highest BCUT2D eigenvalue weighted by Crippen LogP contribution is 2.29. The van der Waals surface area contributed by atoms with Crippen molar-refractivity contribution in [3.05, 3.63) is 0 Å². The third kappa shape index (κ3) is 2.55. The zero-order valence-electron chi connectivity index (χ0n) is 12.0. The molecule has 0 aliphatic carbocycles. The smallest absolute Gasteiger partial charge is 0.320 e. The van der Waals surface area contributed by atoms with Crippen LogP contribution in [0.4, 0.5) is 4.79 Å². The van der Waals surface area contributed by atoms with Crippen LogP contribution < -0.4 is 0 Å². The van der Waals surface area contributed by atoms with Gasteiger partial charge in [0, 0.05) is 24.7 Å². The maximum atomic E-state index is 12.7. The fraction of sp³-hybridized carbons (Fsp3) is 0.857. The van der Waals surface area contributed by atoms with E-state index in [2.05, 4.69) is 13.8 Å². The van der Waals surface area contributed by atoms with E-state index < -0.39 is 11.9 Å². The van der Waals surface area contributed by atoms with Gasteiger partial charge in [-0.3, -0.25) is 4.79 Å². The molecule has 4 atom stereocenters. The van der Waals surface area contributed by atoms with E-state index in [0.29, 0.717) is 13.0 Å². The second-order valence-electron chi connectivity index (χ2n) is 5.99. The maximum absolute atomic E-state index is 12.7. The van der Waals surface area contributed by atoms with E-state index in [-0.39, 0.29) is 24.2 Å². The molecule has 2 rings (SSSR count). The number of likely N-dealkylation sites (tertiary alicyclic amines) is 2. The molecule has 2 fully saturated rings. The van der Waals surface area contributed by atoms with Crippen LogP contribution in [0.2, 0.25) is 0 Å². The van der Waals surface area contributed by atoms with Crippen LogP contribution in [0.1, 0.15) is 46.5 Å². The number of hydrogen-bond acceptors (Lipinski definition) is 2. The molecule has 2 aliphatic heterocycles. The first-order chi connectivity index (χ1) is 8.93. The van der Waals surface area contributed by atoms with Crippen LogP contribution in [0.25, 0.3) is 0 Å². The van der Waals surface area contributed by atoms with Gasteiger partial charge in [0.05, 0.1) is 5.92 Å². The van der Waals surface area contributed by atoms with E-state index in [0.717, 1.165) is 12.8 Å². The Hall–Kier alpha value is -1.26. The number of carbonyl (C=O) groups is 2. The Morgan fingerprint density at radius 2 is 1.63 bits per heavy atom. The number of piperidine rings is 1. The van der Waals surface area contributed by atoms with Crippen molar-refractivity contribution in [2.24, 2.45) is 5.92 Å². The summed E-state index contributed by atoms with van der Waals surface area (Å²) in [6.07, 6.45) is 3.82. The average molecular weight is 268 g/mol. The molecular formula is C14H24N2O3. The van der Waals surface area contributed by atoms with Crippen LogP contribution in [0.5, 0.6) is 0 Å². The lowest BCUT2D eigenvalue weighted by Gasteiger charge is -2.42. The summed E-state index contributed by atoms with van der Waals surface area (Å²) in [5.41, 5.74) is 0. The first kappa shape index (κ1) is 14.2. The Labute approximate surface area is 114 Å². The summed E-state index contributed by atoms with van der Waals surface area (Å²) in [4.78, 5) is 27.5. The van der Waals surface area contributed by atoms with Crippen LogP contribution in [0.3, 0.4) is 0 Å². The fourth-order valence-corrected chi connectivity index (χ4v) is 3.49. The van der Waals surface area contributed by atoms with Gasteiger partial charge in [0.2, 0.25) is 0 Å². The van der Waals surface area contributed by atoms with Gasteiger partial charge in [0.15, 0.2) is 0 Å². The number of rotatable bonds is 1. The summed E-state index contributed by atoms with van der Waals surface area (Å²) < 4.78 is 0. The molecular weight excluding hydrogens is 244 g/mol. The Kier molecular flexibility index (Phi) is 4.02. The van der Waals surface area contributed by atoms with Crippen LogP contribution in [0, 0.1) is 5.92 Å². The number of nitrogens with zero attached hydrogens (tertiary/aromatic N) is 2. The summed E-state index contributed by atoms with van der Waals surface area (Å²) >= 11 is 0. The number of carboxylic acid groups (broad SMARTS) is 1. The van der Waals surface area contributed by atoms with Crippen molar-refractivity contribution in [2.75, 3.05) is 6.54 Å². The molecule has 0 aromatic heterocycles. The van der Waals surface area contributed by atoms with Gasteiger partial charge in [-0.1, -0.05) is 0 Å². The zero-order chi connectivity index (χ0) is 14.2. The molecule has 2 heterocycles. The van der Waals surface area contributed by atoms with E-state index in [9.17, 15) is 9.59 Å². The molecule has 0 saturated carbocycles. The molecule has 0 bridgehead atoms. The fourth-order valence-electron chi connectivity index (χ4n) is 3.49. The highest BCUT2D eigenvalue weighted by atomic mass is 16.4. The molecule has 2 aliphatic rings. The summed E-state index contributed by atoms with van der Waals surface area (Å²) in [5, 5.41) is 9.15. The van der Waals surface area contributed by atoms with Gasteiger partial charge in [-0.25, -0.2) is 4.79 Å². The largest absolute Gasteiger partial charge is 0.481 e. The van der Waals surface area contributed by atoms with Gasteiger partial charge >= 0.3 is 12.0 Å². The third-order valence-corrected chi connectivity index (χ3v) is 4.73. The van der Waals surface area contributed by atoms with Crippen molar-refractivity contribution in [3.8, 4) is 0 Å². The molecule has 0 aromatic rings. The topological polar surface area (TPSA) is 60.9 Å². The van der Waals surface area contributed by atoms with Crippen molar-refractivity contribution in [2.45, 2.75) is 64.6 Å². The number of hydrogen-bond donors (Lipinski definition) is 1. The van der Waals surface area contributed by atoms with Gasteiger partial charge in [-0.05, 0) is 46.5 Å². The molecule has 1 N–H and O–H groups in total.